The first-order valence-corrected chi connectivity index (χ1v) is 18.9. The van der Waals surface area contributed by atoms with Crippen LogP contribution in [0.5, 0.6) is 0 Å². The molecule has 7 nitrogen and oxygen atoms in total. The lowest BCUT2D eigenvalue weighted by Crippen LogP contribution is -2.54. The molecule has 0 saturated carbocycles. The maximum absolute atomic E-state index is 5.80. The Morgan fingerprint density at radius 1 is 0.511 bits per heavy atom. The monoisotopic (exact) mass is 636 g/mol. The van der Waals surface area contributed by atoms with Gasteiger partial charge in [-0.2, -0.15) is 0 Å². The molecule has 6 aliphatic heterocycles. The van der Waals surface area contributed by atoms with Crippen LogP contribution in [0.1, 0.15) is 128 Å². The summed E-state index contributed by atoms with van der Waals surface area (Å²) in [6.45, 7) is 34.3. The molecule has 6 heterocycles. The van der Waals surface area contributed by atoms with E-state index in [1.807, 2.05) is 0 Å². The summed E-state index contributed by atoms with van der Waals surface area (Å²) in [6.07, 6.45) is 8.82. The van der Waals surface area contributed by atoms with Crippen LogP contribution in [-0.4, -0.2) is 114 Å². The Labute approximate surface area is 278 Å². The molecule has 0 aliphatic carbocycles. The number of ether oxygens (including phenoxy) is 4. The molecule has 0 aromatic rings. The molecule has 4 atom stereocenters. The predicted octanol–water partition coefficient (Wildman–Crippen LogP) is 7.22. The molecule has 0 bridgehead atoms. The topological polar surface area (TPSA) is 46.6 Å². The zero-order valence-electron chi connectivity index (χ0n) is 31.6. The van der Waals surface area contributed by atoms with E-state index < -0.39 is 0 Å². The van der Waals surface area contributed by atoms with Crippen molar-refractivity contribution in [2.24, 2.45) is 17.8 Å². The fraction of sp³-hybridized carbons (Fsp3) is 1.00. The molecule has 7 heteroatoms. The zero-order chi connectivity index (χ0) is 33.2. The van der Waals surface area contributed by atoms with E-state index in [0.29, 0.717) is 35.6 Å². The van der Waals surface area contributed by atoms with E-state index in [9.17, 15) is 0 Å². The quantitative estimate of drug-likeness (QED) is 0.306. The number of hydrogen-bond donors (Lipinski definition) is 0. The van der Waals surface area contributed by atoms with Gasteiger partial charge in [0.1, 0.15) is 0 Å². The predicted molar refractivity (Wildman–Crippen MR) is 186 cm³/mol. The molecule has 1 unspecified atom stereocenters. The highest BCUT2D eigenvalue weighted by atomic mass is 16.7. The van der Waals surface area contributed by atoms with Crippen molar-refractivity contribution in [2.45, 2.75) is 181 Å². The van der Waals surface area contributed by atoms with Crippen molar-refractivity contribution >= 4 is 0 Å². The molecule has 6 rings (SSSR count). The van der Waals surface area contributed by atoms with Crippen molar-refractivity contribution in [1.82, 2.24) is 14.7 Å². The Morgan fingerprint density at radius 2 is 1.02 bits per heavy atom. The van der Waals surface area contributed by atoms with Gasteiger partial charge in [-0.3, -0.25) is 14.7 Å². The largest absolute Gasteiger partial charge is 0.381 e. The van der Waals surface area contributed by atoms with Crippen LogP contribution >= 0.6 is 0 Å². The zero-order valence-corrected chi connectivity index (χ0v) is 31.6. The molecule has 3 spiro atoms. The van der Waals surface area contributed by atoms with Crippen LogP contribution in [0, 0.1) is 17.8 Å². The van der Waals surface area contributed by atoms with E-state index in [2.05, 4.69) is 97.8 Å². The molecule has 0 aromatic carbocycles. The SMILES string of the molecule is CC(C)[C@@H]1CC2(CCO2)CN1C(C)C.CC(C)[C@@H]1CC2(CN1C(C)C)OCCO2.CC(C)[C@@H]1CCC2(CCOCC2)N1C(C)C. The van der Waals surface area contributed by atoms with Crippen LogP contribution in [0.25, 0.3) is 0 Å². The summed E-state index contributed by atoms with van der Waals surface area (Å²) >= 11 is 0. The minimum Gasteiger partial charge on any atom is -0.381 e. The highest BCUT2D eigenvalue weighted by Crippen LogP contribution is 2.45. The fourth-order valence-electron chi connectivity index (χ4n) is 9.54. The fourth-order valence-corrected chi connectivity index (χ4v) is 9.54. The molecule has 6 aliphatic rings. The van der Waals surface area contributed by atoms with Gasteiger partial charge >= 0.3 is 0 Å². The number of likely N-dealkylation sites (tertiary alicyclic amines) is 3. The lowest BCUT2D eigenvalue weighted by molar-refractivity contribution is -0.146. The third kappa shape index (κ3) is 8.48. The third-order valence-electron chi connectivity index (χ3n) is 12.1. The average Bonchev–Trinajstić information content (AvgIpc) is 3.74. The molecule has 0 N–H and O–H groups in total. The number of nitrogens with zero attached hydrogens (tertiary/aromatic N) is 3. The number of hydrogen-bond acceptors (Lipinski definition) is 7. The van der Waals surface area contributed by atoms with Gasteiger partial charge in [0.15, 0.2) is 5.79 Å². The Hall–Kier alpha value is -0.280. The first-order valence-electron chi connectivity index (χ1n) is 18.9. The molecule has 45 heavy (non-hydrogen) atoms. The summed E-state index contributed by atoms with van der Waals surface area (Å²) in [6, 6.07) is 4.03. The van der Waals surface area contributed by atoms with Gasteiger partial charge < -0.3 is 18.9 Å². The van der Waals surface area contributed by atoms with Crippen molar-refractivity contribution in [3.05, 3.63) is 0 Å². The summed E-state index contributed by atoms with van der Waals surface area (Å²) < 4.78 is 22.9. The van der Waals surface area contributed by atoms with Gasteiger partial charge in [0.2, 0.25) is 0 Å². The molecule has 6 fully saturated rings. The number of rotatable bonds is 6. The first-order chi connectivity index (χ1) is 21.1. The van der Waals surface area contributed by atoms with Crippen LogP contribution in [0.2, 0.25) is 0 Å². The smallest absolute Gasteiger partial charge is 0.182 e. The highest BCUT2D eigenvalue weighted by molar-refractivity contribution is 5.04. The molecular weight excluding hydrogens is 562 g/mol. The molecule has 0 aromatic heterocycles. The molecular formula is C38H73N3O4. The molecule has 0 radical (unpaired) electrons. The Morgan fingerprint density at radius 3 is 1.42 bits per heavy atom. The lowest BCUT2D eigenvalue weighted by atomic mass is 9.86. The third-order valence-corrected chi connectivity index (χ3v) is 12.1. The van der Waals surface area contributed by atoms with Gasteiger partial charge in [0.05, 0.1) is 32.0 Å². The van der Waals surface area contributed by atoms with Crippen LogP contribution in [-0.2, 0) is 18.9 Å². The van der Waals surface area contributed by atoms with Crippen LogP contribution in [0.15, 0.2) is 0 Å². The van der Waals surface area contributed by atoms with Crippen molar-refractivity contribution in [3.8, 4) is 0 Å². The Balaban J connectivity index is 0.000000154. The summed E-state index contributed by atoms with van der Waals surface area (Å²) in [4.78, 5) is 7.97. The van der Waals surface area contributed by atoms with E-state index in [0.717, 1.165) is 76.5 Å². The minimum absolute atomic E-state index is 0.249. The van der Waals surface area contributed by atoms with Gasteiger partial charge in [0, 0.05) is 74.4 Å². The van der Waals surface area contributed by atoms with E-state index in [1.165, 1.54) is 38.5 Å². The lowest BCUT2D eigenvalue weighted by Gasteiger charge is -2.47. The van der Waals surface area contributed by atoms with Crippen molar-refractivity contribution in [1.29, 1.82) is 0 Å². The van der Waals surface area contributed by atoms with Crippen LogP contribution < -0.4 is 0 Å². The standard InChI is InChI=1S/C14H27NO.C12H23NO2.C12H23NO/c1-11(2)13-5-6-14(15(13)12(3)4)7-9-16-10-8-14;1-9(2)11-7-12(14-5-6-15-12)8-13(11)10(3)4;1-9(2)11-7-12(5-6-14-12)8-13(11)10(3)4/h11-13H,5-10H2,1-4H3;9-11H,5-8H2,1-4H3;9-11H,5-8H2,1-4H3/t13-;11-;11-,12?/m000/s1. The molecule has 264 valence electrons. The highest BCUT2D eigenvalue weighted by Gasteiger charge is 2.51. The Kier molecular flexibility index (Phi) is 12.9. The minimum atomic E-state index is -0.279. The van der Waals surface area contributed by atoms with Crippen LogP contribution in [0.3, 0.4) is 0 Å². The van der Waals surface area contributed by atoms with E-state index in [4.69, 9.17) is 18.9 Å². The van der Waals surface area contributed by atoms with Crippen molar-refractivity contribution in [3.63, 3.8) is 0 Å². The summed E-state index contributed by atoms with van der Waals surface area (Å²) in [5.41, 5.74) is 0.723. The second-order valence-corrected chi connectivity index (χ2v) is 17.1. The maximum atomic E-state index is 5.80. The van der Waals surface area contributed by atoms with Crippen molar-refractivity contribution in [2.75, 3.05) is 46.1 Å². The normalized spacial score (nSPS) is 33.3. The van der Waals surface area contributed by atoms with Gasteiger partial charge in [-0.15, -0.1) is 0 Å². The van der Waals surface area contributed by atoms with E-state index in [-0.39, 0.29) is 11.4 Å². The molecule has 0 amide bonds. The van der Waals surface area contributed by atoms with Crippen LogP contribution in [0.4, 0.5) is 0 Å². The summed E-state index contributed by atoms with van der Waals surface area (Å²) in [7, 11) is 0. The second-order valence-electron chi connectivity index (χ2n) is 17.1. The van der Waals surface area contributed by atoms with Gasteiger partial charge in [-0.1, -0.05) is 41.5 Å². The van der Waals surface area contributed by atoms with Gasteiger partial charge in [0.25, 0.3) is 0 Å². The Bertz CT molecular complexity index is 853. The maximum Gasteiger partial charge on any atom is 0.182 e. The van der Waals surface area contributed by atoms with E-state index in [1.54, 1.807) is 0 Å². The average molecular weight is 636 g/mol. The van der Waals surface area contributed by atoms with Crippen molar-refractivity contribution < 1.29 is 18.9 Å². The first kappa shape index (κ1) is 37.5. The second kappa shape index (κ2) is 15.5. The van der Waals surface area contributed by atoms with Gasteiger partial charge in [-0.25, -0.2) is 0 Å². The summed E-state index contributed by atoms with van der Waals surface area (Å²) in [5.74, 6) is 1.92. The molecule has 6 saturated heterocycles. The van der Waals surface area contributed by atoms with Gasteiger partial charge in [-0.05, 0) is 91.4 Å². The van der Waals surface area contributed by atoms with E-state index >= 15 is 0 Å². The summed E-state index contributed by atoms with van der Waals surface area (Å²) in [5, 5.41) is 0.